The Labute approximate surface area is 91.6 Å². The van der Waals surface area contributed by atoms with Crippen molar-refractivity contribution in [1.82, 2.24) is 4.90 Å². The van der Waals surface area contributed by atoms with E-state index in [1.165, 1.54) is 31.6 Å². The first kappa shape index (κ1) is 10.8. The Hall–Kier alpha value is 0.270. The molecule has 0 bridgehead atoms. The fraction of sp³-hybridized carbons (Fsp3) is 1.00. The highest BCUT2D eigenvalue weighted by Crippen LogP contribution is 2.41. The number of nitrogens with zero attached hydrogens (tertiary/aromatic N) is 1. The average molecular weight is 214 g/mol. The molecular weight excluding hydrogens is 192 g/mol. The zero-order valence-electron chi connectivity index (χ0n) is 9.33. The molecule has 2 rings (SSSR count). The van der Waals surface area contributed by atoms with Gasteiger partial charge in [-0.25, -0.2) is 0 Å². The van der Waals surface area contributed by atoms with Gasteiger partial charge in [0.2, 0.25) is 0 Å². The minimum absolute atomic E-state index is 0.299. The van der Waals surface area contributed by atoms with Crippen LogP contribution in [0.5, 0.6) is 0 Å². The molecule has 1 saturated heterocycles. The zero-order valence-corrected chi connectivity index (χ0v) is 10.1. The zero-order chi connectivity index (χ0) is 10.2. The largest absolute Gasteiger partial charge is 0.329 e. The van der Waals surface area contributed by atoms with Gasteiger partial charge in [0.25, 0.3) is 0 Å². The molecule has 0 aromatic rings. The second-order valence-corrected chi connectivity index (χ2v) is 6.34. The molecule has 2 N–H and O–H groups in total. The standard InChI is InChI=1S/C11H22N2S/c1-9-11(8-12,5-6-14-9)13(2)7-10-3-4-10/h9-10H,3-8,12H2,1-2H3. The van der Waals surface area contributed by atoms with Crippen molar-refractivity contribution in [3.63, 3.8) is 0 Å². The third kappa shape index (κ3) is 1.82. The predicted octanol–water partition coefficient (Wildman–Crippen LogP) is 1.55. The first-order valence-corrected chi connectivity index (χ1v) is 6.77. The van der Waals surface area contributed by atoms with Crippen LogP contribution in [-0.2, 0) is 0 Å². The first-order chi connectivity index (χ1) is 6.69. The summed E-state index contributed by atoms with van der Waals surface area (Å²) in [4.78, 5) is 2.55. The van der Waals surface area contributed by atoms with Crippen LogP contribution in [0.15, 0.2) is 0 Å². The minimum Gasteiger partial charge on any atom is -0.329 e. The van der Waals surface area contributed by atoms with E-state index in [1.807, 2.05) is 0 Å². The molecule has 0 aromatic carbocycles. The molecular formula is C11H22N2S. The van der Waals surface area contributed by atoms with Crippen LogP contribution in [0, 0.1) is 5.92 Å². The molecule has 2 aliphatic rings. The molecule has 0 aromatic heterocycles. The molecule has 14 heavy (non-hydrogen) atoms. The Morgan fingerprint density at radius 1 is 1.50 bits per heavy atom. The average Bonchev–Trinajstić information content (AvgIpc) is 2.88. The molecule has 82 valence electrons. The van der Waals surface area contributed by atoms with Gasteiger partial charge in [-0.05, 0) is 38.0 Å². The van der Waals surface area contributed by atoms with Crippen LogP contribution in [0.4, 0.5) is 0 Å². The summed E-state index contributed by atoms with van der Waals surface area (Å²) in [7, 11) is 2.27. The summed E-state index contributed by atoms with van der Waals surface area (Å²) in [5, 5.41) is 0.705. The topological polar surface area (TPSA) is 29.3 Å². The van der Waals surface area contributed by atoms with Gasteiger partial charge in [0.1, 0.15) is 0 Å². The molecule has 3 heteroatoms. The summed E-state index contributed by atoms with van der Waals surface area (Å²) in [6.45, 7) is 4.43. The maximum Gasteiger partial charge on any atom is 0.0452 e. The molecule has 1 saturated carbocycles. The lowest BCUT2D eigenvalue weighted by Crippen LogP contribution is -2.56. The predicted molar refractivity (Wildman–Crippen MR) is 63.7 cm³/mol. The lowest BCUT2D eigenvalue weighted by Gasteiger charge is -2.41. The highest BCUT2D eigenvalue weighted by atomic mass is 32.2. The SMILES string of the molecule is CC1SCCC1(CN)N(C)CC1CC1. The second kappa shape index (κ2) is 4.03. The van der Waals surface area contributed by atoms with Crippen molar-refractivity contribution in [2.45, 2.75) is 37.0 Å². The molecule has 2 unspecified atom stereocenters. The molecule has 2 fully saturated rings. The smallest absolute Gasteiger partial charge is 0.0452 e. The maximum absolute atomic E-state index is 6.00. The summed E-state index contributed by atoms with van der Waals surface area (Å²) in [6, 6.07) is 0. The third-order valence-corrected chi connectivity index (χ3v) is 5.38. The lowest BCUT2D eigenvalue weighted by atomic mass is 9.90. The summed E-state index contributed by atoms with van der Waals surface area (Å²) < 4.78 is 0. The summed E-state index contributed by atoms with van der Waals surface area (Å²) in [5.41, 5.74) is 6.30. The quantitative estimate of drug-likeness (QED) is 0.770. The molecule has 1 aliphatic heterocycles. The third-order valence-electron chi connectivity index (χ3n) is 4.00. The molecule has 2 atom stereocenters. The Kier molecular flexibility index (Phi) is 3.10. The molecule has 2 nitrogen and oxygen atoms in total. The molecule has 0 radical (unpaired) electrons. The monoisotopic (exact) mass is 214 g/mol. The summed E-state index contributed by atoms with van der Waals surface area (Å²) in [5.74, 6) is 2.26. The maximum atomic E-state index is 6.00. The number of hydrogen-bond donors (Lipinski definition) is 1. The minimum atomic E-state index is 0.299. The van der Waals surface area contributed by atoms with Crippen molar-refractivity contribution in [2.24, 2.45) is 11.7 Å². The van der Waals surface area contributed by atoms with E-state index in [2.05, 4.69) is 30.6 Å². The van der Waals surface area contributed by atoms with E-state index in [0.29, 0.717) is 10.8 Å². The van der Waals surface area contributed by atoms with E-state index >= 15 is 0 Å². The first-order valence-electron chi connectivity index (χ1n) is 5.72. The van der Waals surface area contributed by atoms with Crippen molar-refractivity contribution in [1.29, 1.82) is 0 Å². The fourth-order valence-corrected chi connectivity index (χ4v) is 4.09. The van der Waals surface area contributed by atoms with Gasteiger partial charge in [-0.3, -0.25) is 4.90 Å². The number of likely N-dealkylation sites (N-methyl/N-ethyl adjacent to an activating group) is 1. The highest BCUT2D eigenvalue weighted by Gasteiger charge is 2.44. The number of nitrogens with two attached hydrogens (primary N) is 1. The second-order valence-electron chi connectivity index (χ2n) is 4.89. The lowest BCUT2D eigenvalue weighted by molar-refractivity contribution is 0.124. The molecule has 1 aliphatic carbocycles. The summed E-state index contributed by atoms with van der Waals surface area (Å²) in [6.07, 6.45) is 4.15. The van der Waals surface area contributed by atoms with Crippen LogP contribution in [0.25, 0.3) is 0 Å². The Morgan fingerprint density at radius 3 is 2.64 bits per heavy atom. The molecule has 1 heterocycles. The van der Waals surface area contributed by atoms with Crippen LogP contribution in [-0.4, -0.2) is 41.6 Å². The van der Waals surface area contributed by atoms with Crippen LogP contribution in [0.2, 0.25) is 0 Å². The van der Waals surface area contributed by atoms with E-state index in [4.69, 9.17) is 5.73 Å². The Bertz CT molecular complexity index is 205. The van der Waals surface area contributed by atoms with E-state index in [0.717, 1.165) is 12.5 Å². The van der Waals surface area contributed by atoms with Crippen molar-refractivity contribution in [2.75, 3.05) is 25.9 Å². The van der Waals surface area contributed by atoms with Crippen LogP contribution >= 0.6 is 11.8 Å². The van der Waals surface area contributed by atoms with Gasteiger partial charge in [-0.2, -0.15) is 11.8 Å². The molecule has 0 amide bonds. The molecule has 0 spiro atoms. The van der Waals surface area contributed by atoms with Crippen molar-refractivity contribution >= 4 is 11.8 Å². The van der Waals surface area contributed by atoms with Gasteiger partial charge < -0.3 is 5.73 Å². The van der Waals surface area contributed by atoms with E-state index in [-0.39, 0.29) is 0 Å². The number of rotatable bonds is 4. The van der Waals surface area contributed by atoms with E-state index in [1.54, 1.807) is 0 Å². The number of hydrogen-bond acceptors (Lipinski definition) is 3. The van der Waals surface area contributed by atoms with Crippen molar-refractivity contribution < 1.29 is 0 Å². The van der Waals surface area contributed by atoms with E-state index in [9.17, 15) is 0 Å². The van der Waals surface area contributed by atoms with Gasteiger partial charge in [-0.15, -0.1) is 0 Å². The van der Waals surface area contributed by atoms with Crippen molar-refractivity contribution in [3.8, 4) is 0 Å². The fourth-order valence-electron chi connectivity index (χ4n) is 2.57. The highest BCUT2D eigenvalue weighted by molar-refractivity contribution is 8.00. The normalized spacial score (nSPS) is 38.1. The summed E-state index contributed by atoms with van der Waals surface area (Å²) >= 11 is 2.08. The van der Waals surface area contributed by atoms with Gasteiger partial charge in [0, 0.05) is 23.9 Å². The van der Waals surface area contributed by atoms with Crippen LogP contribution < -0.4 is 5.73 Å². The number of thioether (sulfide) groups is 1. The van der Waals surface area contributed by atoms with Crippen molar-refractivity contribution in [3.05, 3.63) is 0 Å². The van der Waals surface area contributed by atoms with Gasteiger partial charge >= 0.3 is 0 Å². The van der Waals surface area contributed by atoms with Crippen LogP contribution in [0.1, 0.15) is 26.2 Å². The van der Waals surface area contributed by atoms with Crippen LogP contribution in [0.3, 0.4) is 0 Å². The Morgan fingerprint density at radius 2 is 2.21 bits per heavy atom. The Balaban J connectivity index is 2.01. The van der Waals surface area contributed by atoms with Gasteiger partial charge in [-0.1, -0.05) is 6.92 Å². The van der Waals surface area contributed by atoms with E-state index < -0.39 is 0 Å². The van der Waals surface area contributed by atoms with Gasteiger partial charge in [0.15, 0.2) is 0 Å². The van der Waals surface area contributed by atoms with Gasteiger partial charge in [0.05, 0.1) is 0 Å².